The molecule has 1 aromatic heterocycles. The summed E-state index contributed by atoms with van der Waals surface area (Å²) in [5.41, 5.74) is -0.340. The fourth-order valence-corrected chi connectivity index (χ4v) is 3.33. The van der Waals surface area contributed by atoms with Crippen molar-refractivity contribution in [3.05, 3.63) is 47.8 Å². The quantitative estimate of drug-likeness (QED) is 0.888. The van der Waals surface area contributed by atoms with Gasteiger partial charge in [0.05, 0.1) is 5.69 Å². The molecule has 146 valence electrons. The molecule has 0 bridgehead atoms. The number of piperidine rings is 1. The highest BCUT2D eigenvalue weighted by Gasteiger charge is 2.57. The van der Waals surface area contributed by atoms with Gasteiger partial charge in [-0.2, -0.15) is 18.3 Å². The molecule has 0 saturated carbocycles. The number of benzene rings is 1. The Morgan fingerprint density at radius 3 is 2.30 bits per heavy atom. The molecular formula is C19H22F3N3O2. The van der Waals surface area contributed by atoms with Crippen LogP contribution in [-0.4, -0.2) is 50.6 Å². The normalized spacial score (nSPS) is 18.4. The van der Waals surface area contributed by atoms with Gasteiger partial charge in [-0.3, -0.25) is 4.79 Å². The maximum Gasteiger partial charge on any atom is 0.426 e. The van der Waals surface area contributed by atoms with E-state index >= 15 is 0 Å². The van der Waals surface area contributed by atoms with Crippen LogP contribution in [0.1, 0.15) is 36.9 Å². The lowest BCUT2D eigenvalue weighted by Crippen LogP contribution is -2.57. The van der Waals surface area contributed by atoms with E-state index in [-0.39, 0.29) is 19.0 Å². The lowest BCUT2D eigenvalue weighted by Gasteiger charge is -2.36. The van der Waals surface area contributed by atoms with E-state index in [1.165, 1.54) is 0 Å². The first-order valence-corrected chi connectivity index (χ1v) is 8.80. The molecule has 1 aliphatic rings. The zero-order valence-corrected chi connectivity index (χ0v) is 15.2. The van der Waals surface area contributed by atoms with E-state index in [1.54, 1.807) is 6.20 Å². The van der Waals surface area contributed by atoms with Crippen molar-refractivity contribution in [2.75, 3.05) is 13.1 Å². The van der Waals surface area contributed by atoms with Gasteiger partial charge in [0.25, 0.3) is 5.91 Å². The SMILES string of the molecule is Cc1ccc(-n2nccc2C2CCN(C(=O)C(C)(O)C(F)(F)F)CC2)cc1. The lowest BCUT2D eigenvalue weighted by molar-refractivity contribution is -0.250. The van der Waals surface area contributed by atoms with E-state index in [9.17, 15) is 23.1 Å². The zero-order valence-electron chi connectivity index (χ0n) is 15.2. The number of aromatic nitrogens is 2. The van der Waals surface area contributed by atoms with Crippen molar-refractivity contribution in [2.45, 2.75) is 44.4 Å². The molecule has 1 atom stereocenters. The highest BCUT2D eigenvalue weighted by molar-refractivity contribution is 5.85. The molecule has 1 N–H and O–H groups in total. The molecule has 0 radical (unpaired) electrons. The third kappa shape index (κ3) is 3.71. The monoisotopic (exact) mass is 381 g/mol. The second-order valence-corrected chi connectivity index (χ2v) is 7.14. The van der Waals surface area contributed by atoms with Crippen LogP contribution in [0.2, 0.25) is 0 Å². The molecule has 1 amide bonds. The molecule has 0 aliphatic carbocycles. The molecule has 1 aliphatic heterocycles. The molecule has 8 heteroatoms. The molecule has 2 heterocycles. The van der Waals surface area contributed by atoms with Gasteiger partial charge in [0, 0.05) is 30.9 Å². The van der Waals surface area contributed by atoms with Gasteiger partial charge in [0.2, 0.25) is 5.60 Å². The maximum atomic E-state index is 12.9. The first-order valence-electron chi connectivity index (χ1n) is 8.80. The summed E-state index contributed by atoms with van der Waals surface area (Å²) in [5.74, 6) is -1.21. The van der Waals surface area contributed by atoms with E-state index < -0.39 is 17.7 Å². The molecule has 1 fully saturated rings. The van der Waals surface area contributed by atoms with Crippen LogP contribution in [0.15, 0.2) is 36.5 Å². The maximum absolute atomic E-state index is 12.9. The number of aryl methyl sites for hydroxylation is 1. The van der Waals surface area contributed by atoms with Gasteiger partial charge in [-0.25, -0.2) is 4.68 Å². The Morgan fingerprint density at radius 1 is 1.15 bits per heavy atom. The molecule has 1 saturated heterocycles. The Labute approximate surface area is 155 Å². The van der Waals surface area contributed by atoms with Crippen LogP contribution in [0.4, 0.5) is 13.2 Å². The van der Waals surface area contributed by atoms with Gasteiger partial charge in [-0.05, 0) is 44.9 Å². The summed E-state index contributed by atoms with van der Waals surface area (Å²) in [6.07, 6.45) is -2.28. The fourth-order valence-electron chi connectivity index (χ4n) is 3.33. The fraction of sp³-hybridized carbons (Fsp3) is 0.474. The third-order valence-corrected chi connectivity index (χ3v) is 5.12. The molecule has 3 rings (SSSR count). The first-order chi connectivity index (χ1) is 12.6. The molecular weight excluding hydrogens is 359 g/mol. The van der Waals surface area contributed by atoms with Crippen LogP contribution in [0.25, 0.3) is 5.69 Å². The number of hydrogen-bond acceptors (Lipinski definition) is 3. The Hall–Kier alpha value is -2.35. The van der Waals surface area contributed by atoms with E-state index in [0.717, 1.165) is 21.8 Å². The van der Waals surface area contributed by atoms with Gasteiger partial charge in [0.15, 0.2) is 0 Å². The van der Waals surface area contributed by atoms with Crippen molar-refractivity contribution in [2.24, 2.45) is 0 Å². The molecule has 5 nitrogen and oxygen atoms in total. The summed E-state index contributed by atoms with van der Waals surface area (Å²) in [6.45, 7) is 2.83. The average Bonchev–Trinajstić information content (AvgIpc) is 3.10. The summed E-state index contributed by atoms with van der Waals surface area (Å²) in [4.78, 5) is 13.2. The van der Waals surface area contributed by atoms with Crippen molar-refractivity contribution in [1.29, 1.82) is 0 Å². The van der Waals surface area contributed by atoms with Crippen molar-refractivity contribution < 1.29 is 23.1 Å². The topological polar surface area (TPSA) is 58.4 Å². The van der Waals surface area contributed by atoms with Gasteiger partial charge < -0.3 is 10.0 Å². The van der Waals surface area contributed by atoms with Crippen LogP contribution >= 0.6 is 0 Å². The van der Waals surface area contributed by atoms with E-state index in [1.807, 2.05) is 41.9 Å². The summed E-state index contributed by atoms with van der Waals surface area (Å²) in [7, 11) is 0. The molecule has 0 spiro atoms. The van der Waals surface area contributed by atoms with Crippen LogP contribution in [-0.2, 0) is 4.79 Å². The van der Waals surface area contributed by atoms with Crippen molar-refractivity contribution >= 4 is 5.91 Å². The Balaban J connectivity index is 1.71. The largest absolute Gasteiger partial charge is 0.426 e. The average molecular weight is 381 g/mol. The Kier molecular flexibility index (Phi) is 5.03. The van der Waals surface area contributed by atoms with Gasteiger partial charge in [0.1, 0.15) is 0 Å². The number of rotatable bonds is 3. The van der Waals surface area contributed by atoms with E-state index in [0.29, 0.717) is 19.8 Å². The van der Waals surface area contributed by atoms with Crippen LogP contribution in [0.5, 0.6) is 0 Å². The summed E-state index contributed by atoms with van der Waals surface area (Å²) >= 11 is 0. The zero-order chi connectivity index (χ0) is 19.8. The van der Waals surface area contributed by atoms with Crippen molar-refractivity contribution in [3.63, 3.8) is 0 Å². The number of alkyl halides is 3. The minimum atomic E-state index is -5.00. The smallest absolute Gasteiger partial charge is 0.373 e. The van der Waals surface area contributed by atoms with Crippen LogP contribution < -0.4 is 0 Å². The Bertz CT molecular complexity index is 804. The second-order valence-electron chi connectivity index (χ2n) is 7.14. The number of halogens is 3. The lowest BCUT2D eigenvalue weighted by atomic mass is 9.92. The predicted octanol–water partition coefficient (Wildman–Crippen LogP) is 3.20. The summed E-state index contributed by atoms with van der Waals surface area (Å²) < 4.78 is 40.5. The minimum Gasteiger partial charge on any atom is -0.373 e. The highest BCUT2D eigenvalue weighted by atomic mass is 19.4. The second kappa shape index (κ2) is 6.99. The third-order valence-electron chi connectivity index (χ3n) is 5.12. The number of hydrogen-bond donors (Lipinski definition) is 1. The minimum absolute atomic E-state index is 0.0775. The van der Waals surface area contributed by atoms with Crippen molar-refractivity contribution in [1.82, 2.24) is 14.7 Å². The summed E-state index contributed by atoms with van der Waals surface area (Å²) in [5, 5.41) is 14.0. The summed E-state index contributed by atoms with van der Waals surface area (Å²) in [6, 6.07) is 9.80. The molecule has 2 aromatic rings. The van der Waals surface area contributed by atoms with Crippen molar-refractivity contribution in [3.8, 4) is 5.69 Å². The van der Waals surface area contributed by atoms with Gasteiger partial charge in [-0.15, -0.1) is 0 Å². The number of nitrogens with zero attached hydrogens (tertiary/aromatic N) is 3. The number of likely N-dealkylation sites (tertiary alicyclic amines) is 1. The number of aliphatic hydroxyl groups is 1. The first kappa shape index (κ1) is 19.4. The number of carbonyl (C=O) groups excluding carboxylic acids is 1. The Morgan fingerprint density at radius 2 is 1.74 bits per heavy atom. The highest BCUT2D eigenvalue weighted by Crippen LogP contribution is 2.34. The standard InChI is InChI=1S/C19H22F3N3O2/c1-13-3-5-15(6-4-13)25-16(7-10-23-25)14-8-11-24(12-9-14)17(26)18(2,27)19(20,21)22/h3-7,10,14,27H,8-9,11-12H2,1-2H3. The molecule has 27 heavy (non-hydrogen) atoms. The predicted molar refractivity (Wildman–Crippen MR) is 93.5 cm³/mol. The molecule has 1 aromatic carbocycles. The van der Waals surface area contributed by atoms with Crippen LogP contribution in [0.3, 0.4) is 0 Å². The van der Waals surface area contributed by atoms with Gasteiger partial charge >= 0.3 is 6.18 Å². The molecule has 1 unspecified atom stereocenters. The number of amides is 1. The van der Waals surface area contributed by atoms with E-state index in [2.05, 4.69) is 5.10 Å². The number of carbonyl (C=O) groups is 1. The van der Waals surface area contributed by atoms with Crippen LogP contribution in [0, 0.1) is 6.92 Å². The van der Waals surface area contributed by atoms with E-state index in [4.69, 9.17) is 0 Å². The van der Waals surface area contributed by atoms with Gasteiger partial charge in [-0.1, -0.05) is 17.7 Å².